The summed E-state index contributed by atoms with van der Waals surface area (Å²) in [6, 6.07) is 1.93. The number of hydrogen-bond acceptors (Lipinski definition) is 5. The second kappa shape index (κ2) is 6.87. The fourth-order valence-corrected chi connectivity index (χ4v) is 3.14. The Labute approximate surface area is 130 Å². The van der Waals surface area contributed by atoms with Crippen molar-refractivity contribution in [2.24, 2.45) is 7.05 Å². The SMILES string of the molecule is COCc1cc(NCc2cn(C)nc2C2CCCC2)ncn1. The molecule has 118 valence electrons. The number of anilines is 1. The molecule has 1 aliphatic rings. The van der Waals surface area contributed by atoms with Gasteiger partial charge < -0.3 is 10.1 Å². The standard InChI is InChI=1S/C16H23N5O/c1-21-9-13(16(20-21)12-5-3-4-6-12)8-17-15-7-14(10-22-2)18-11-19-15/h7,9,11-12H,3-6,8,10H2,1-2H3,(H,17,18,19). The summed E-state index contributed by atoms with van der Waals surface area (Å²) < 4.78 is 7.02. The number of ether oxygens (including phenoxy) is 1. The number of aromatic nitrogens is 4. The van der Waals surface area contributed by atoms with Crippen molar-refractivity contribution in [1.29, 1.82) is 0 Å². The molecule has 1 saturated carbocycles. The van der Waals surface area contributed by atoms with E-state index < -0.39 is 0 Å². The van der Waals surface area contributed by atoms with Gasteiger partial charge in [0, 0.05) is 44.4 Å². The molecule has 2 heterocycles. The van der Waals surface area contributed by atoms with Crippen LogP contribution in [-0.4, -0.2) is 26.9 Å². The minimum absolute atomic E-state index is 0.497. The van der Waals surface area contributed by atoms with Gasteiger partial charge in [-0.25, -0.2) is 9.97 Å². The molecular formula is C16H23N5O. The molecule has 6 nitrogen and oxygen atoms in total. The summed E-state index contributed by atoms with van der Waals surface area (Å²) in [6.07, 6.45) is 8.83. The maximum Gasteiger partial charge on any atom is 0.129 e. The average Bonchev–Trinajstić information content (AvgIpc) is 3.15. The summed E-state index contributed by atoms with van der Waals surface area (Å²) in [5.74, 6) is 1.44. The molecule has 1 fully saturated rings. The lowest BCUT2D eigenvalue weighted by atomic mass is 10.0. The molecule has 0 spiro atoms. The number of aryl methyl sites for hydroxylation is 1. The van der Waals surface area contributed by atoms with Gasteiger partial charge in [-0.1, -0.05) is 12.8 Å². The third-order valence-corrected chi connectivity index (χ3v) is 4.15. The van der Waals surface area contributed by atoms with Crippen LogP contribution >= 0.6 is 0 Å². The van der Waals surface area contributed by atoms with Gasteiger partial charge in [-0.2, -0.15) is 5.10 Å². The first-order chi connectivity index (χ1) is 10.8. The molecule has 3 rings (SSSR count). The highest BCUT2D eigenvalue weighted by Gasteiger charge is 2.22. The van der Waals surface area contributed by atoms with Gasteiger partial charge in [-0.05, 0) is 12.8 Å². The Hall–Kier alpha value is -1.95. The normalized spacial score (nSPS) is 15.4. The van der Waals surface area contributed by atoms with Crippen LogP contribution in [0.1, 0.15) is 48.6 Å². The lowest BCUT2D eigenvalue weighted by Gasteiger charge is -2.10. The van der Waals surface area contributed by atoms with Gasteiger partial charge >= 0.3 is 0 Å². The zero-order valence-electron chi connectivity index (χ0n) is 13.2. The van der Waals surface area contributed by atoms with Crippen molar-refractivity contribution in [2.75, 3.05) is 12.4 Å². The minimum Gasteiger partial charge on any atom is -0.378 e. The lowest BCUT2D eigenvalue weighted by molar-refractivity contribution is 0.181. The van der Waals surface area contributed by atoms with Crippen molar-refractivity contribution >= 4 is 5.82 Å². The predicted octanol–water partition coefficient (Wildman–Crippen LogP) is 2.63. The summed E-state index contributed by atoms with van der Waals surface area (Å²) in [6.45, 7) is 1.24. The Kier molecular flexibility index (Phi) is 4.68. The van der Waals surface area contributed by atoms with Gasteiger partial charge in [0.25, 0.3) is 0 Å². The van der Waals surface area contributed by atoms with E-state index in [4.69, 9.17) is 4.74 Å². The van der Waals surface area contributed by atoms with E-state index >= 15 is 0 Å². The third kappa shape index (κ3) is 3.44. The molecule has 0 saturated heterocycles. The zero-order chi connectivity index (χ0) is 15.4. The van der Waals surface area contributed by atoms with Crippen molar-refractivity contribution in [1.82, 2.24) is 19.7 Å². The Morgan fingerprint density at radius 1 is 1.32 bits per heavy atom. The highest BCUT2D eigenvalue weighted by molar-refractivity contribution is 5.37. The van der Waals surface area contributed by atoms with Crippen LogP contribution in [0.15, 0.2) is 18.6 Å². The predicted molar refractivity (Wildman–Crippen MR) is 84.5 cm³/mol. The first kappa shape index (κ1) is 15.0. The van der Waals surface area contributed by atoms with E-state index in [1.54, 1.807) is 13.4 Å². The van der Waals surface area contributed by atoms with Crippen LogP contribution in [0.4, 0.5) is 5.82 Å². The van der Waals surface area contributed by atoms with Gasteiger partial charge in [0.05, 0.1) is 18.0 Å². The second-order valence-corrected chi connectivity index (χ2v) is 5.88. The number of nitrogens with zero attached hydrogens (tertiary/aromatic N) is 4. The topological polar surface area (TPSA) is 64.9 Å². The fraction of sp³-hybridized carbons (Fsp3) is 0.562. The summed E-state index contributed by atoms with van der Waals surface area (Å²) in [4.78, 5) is 8.44. The van der Waals surface area contributed by atoms with Crippen LogP contribution in [0.25, 0.3) is 0 Å². The Bertz CT molecular complexity index is 619. The Balaban J connectivity index is 1.69. The van der Waals surface area contributed by atoms with Crippen LogP contribution < -0.4 is 5.32 Å². The number of rotatable bonds is 6. The molecule has 0 bridgehead atoms. The summed E-state index contributed by atoms with van der Waals surface area (Å²) in [5, 5.41) is 8.05. The van der Waals surface area contributed by atoms with Gasteiger partial charge in [0.1, 0.15) is 12.1 Å². The van der Waals surface area contributed by atoms with E-state index in [2.05, 4.69) is 26.6 Å². The molecule has 2 aromatic rings. The van der Waals surface area contributed by atoms with E-state index in [-0.39, 0.29) is 0 Å². The first-order valence-electron chi connectivity index (χ1n) is 7.82. The zero-order valence-corrected chi connectivity index (χ0v) is 13.2. The minimum atomic E-state index is 0.497. The Morgan fingerprint density at radius 3 is 2.91 bits per heavy atom. The van der Waals surface area contributed by atoms with E-state index in [0.29, 0.717) is 12.5 Å². The number of nitrogens with one attached hydrogen (secondary N) is 1. The lowest BCUT2D eigenvalue weighted by Crippen LogP contribution is -2.06. The van der Waals surface area contributed by atoms with Crippen LogP contribution in [0, 0.1) is 0 Å². The number of hydrogen-bond donors (Lipinski definition) is 1. The monoisotopic (exact) mass is 301 g/mol. The highest BCUT2D eigenvalue weighted by atomic mass is 16.5. The first-order valence-corrected chi connectivity index (χ1v) is 7.82. The van der Waals surface area contributed by atoms with Crippen molar-refractivity contribution in [3.63, 3.8) is 0 Å². The highest BCUT2D eigenvalue weighted by Crippen LogP contribution is 2.34. The fourth-order valence-electron chi connectivity index (χ4n) is 3.14. The second-order valence-electron chi connectivity index (χ2n) is 5.88. The van der Waals surface area contributed by atoms with Crippen molar-refractivity contribution in [3.8, 4) is 0 Å². The van der Waals surface area contributed by atoms with Gasteiger partial charge in [0.15, 0.2) is 0 Å². The molecule has 22 heavy (non-hydrogen) atoms. The Morgan fingerprint density at radius 2 is 2.14 bits per heavy atom. The van der Waals surface area contributed by atoms with Crippen molar-refractivity contribution in [2.45, 2.75) is 44.8 Å². The smallest absolute Gasteiger partial charge is 0.129 e. The third-order valence-electron chi connectivity index (χ3n) is 4.15. The van der Waals surface area contributed by atoms with Crippen molar-refractivity contribution in [3.05, 3.63) is 35.5 Å². The van der Waals surface area contributed by atoms with Gasteiger partial charge in [0.2, 0.25) is 0 Å². The quantitative estimate of drug-likeness (QED) is 0.888. The molecule has 0 unspecified atom stereocenters. The van der Waals surface area contributed by atoms with E-state index in [9.17, 15) is 0 Å². The summed E-state index contributed by atoms with van der Waals surface area (Å²) >= 11 is 0. The summed E-state index contributed by atoms with van der Waals surface area (Å²) in [7, 11) is 3.65. The van der Waals surface area contributed by atoms with Gasteiger partial charge in [-0.3, -0.25) is 4.68 Å². The van der Waals surface area contributed by atoms with Crippen molar-refractivity contribution < 1.29 is 4.74 Å². The van der Waals surface area contributed by atoms with Crippen LogP contribution in [0.2, 0.25) is 0 Å². The maximum absolute atomic E-state index is 5.10. The molecule has 2 aromatic heterocycles. The van der Waals surface area contributed by atoms with Crippen LogP contribution in [0.5, 0.6) is 0 Å². The number of methoxy groups -OCH3 is 1. The molecule has 0 amide bonds. The summed E-state index contributed by atoms with van der Waals surface area (Å²) in [5.41, 5.74) is 3.39. The van der Waals surface area contributed by atoms with Gasteiger partial charge in [-0.15, -0.1) is 0 Å². The van der Waals surface area contributed by atoms with Crippen LogP contribution in [0.3, 0.4) is 0 Å². The molecule has 1 aliphatic carbocycles. The molecule has 0 atom stereocenters. The average molecular weight is 301 g/mol. The molecular weight excluding hydrogens is 278 g/mol. The molecule has 0 aliphatic heterocycles. The maximum atomic E-state index is 5.10. The van der Waals surface area contributed by atoms with Crippen LogP contribution in [-0.2, 0) is 24.9 Å². The van der Waals surface area contributed by atoms with E-state index in [1.165, 1.54) is 36.9 Å². The molecule has 1 N–H and O–H groups in total. The molecule has 6 heteroatoms. The largest absolute Gasteiger partial charge is 0.378 e. The molecule has 0 aromatic carbocycles. The van der Waals surface area contributed by atoms with E-state index in [1.807, 2.05) is 17.8 Å². The molecule has 0 radical (unpaired) electrons. The van der Waals surface area contributed by atoms with E-state index in [0.717, 1.165) is 18.1 Å².